The summed E-state index contributed by atoms with van der Waals surface area (Å²) < 4.78 is 1.67. The Hall–Kier alpha value is -0.870. The van der Waals surface area contributed by atoms with Gasteiger partial charge in [0.15, 0.2) is 5.78 Å². The highest BCUT2D eigenvalue weighted by atomic mass is 35.5. The van der Waals surface area contributed by atoms with Crippen LogP contribution in [0.5, 0.6) is 0 Å². The van der Waals surface area contributed by atoms with E-state index in [1.165, 1.54) is 0 Å². The summed E-state index contributed by atoms with van der Waals surface area (Å²) in [5, 5.41) is 7.86. The van der Waals surface area contributed by atoms with E-state index in [2.05, 4.69) is 10.4 Å². The summed E-state index contributed by atoms with van der Waals surface area (Å²) in [6, 6.07) is 0.313. The Morgan fingerprint density at radius 3 is 2.62 bits per heavy atom. The average Bonchev–Trinajstić information content (AvgIpc) is 2.42. The van der Waals surface area contributed by atoms with Crippen LogP contribution in [-0.2, 0) is 18.3 Å². The Morgan fingerprint density at radius 1 is 1.56 bits per heavy atom. The van der Waals surface area contributed by atoms with Crippen LogP contribution in [0.25, 0.3) is 0 Å². The molecule has 0 atom stereocenters. The van der Waals surface area contributed by atoms with Gasteiger partial charge in [-0.1, -0.05) is 25.4 Å². The predicted octanol–water partition coefficient (Wildman–Crippen LogP) is 1.49. The van der Waals surface area contributed by atoms with Crippen LogP contribution in [0, 0.1) is 6.92 Å². The number of halogens is 1. The third-order valence-electron chi connectivity index (χ3n) is 2.33. The number of Topliss-reactive ketones (excluding diaryl/α,β-unsaturated/α-hetero) is 1. The van der Waals surface area contributed by atoms with Gasteiger partial charge in [0.05, 0.1) is 29.4 Å². The Bertz CT molecular complexity index is 385. The molecule has 0 aromatic carbocycles. The van der Waals surface area contributed by atoms with Gasteiger partial charge in [-0.2, -0.15) is 5.10 Å². The number of carbonyl (C=O) groups is 1. The smallest absolute Gasteiger partial charge is 0.152 e. The number of aromatic nitrogens is 2. The summed E-state index contributed by atoms with van der Waals surface area (Å²) in [6.07, 6.45) is 0.329. The van der Waals surface area contributed by atoms with Crippen molar-refractivity contribution in [2.75, 3.05) is 6.54 Å². The van der Waals surface area contributed by atoms with Crippen LogP contribution in [0.4, 0.5) is 0 Å². The zero-order valence-corrected chi connectivity index (χ0v) is 10.9. The van der Waals surface area contributed by atoms with Crippen molar-refractivity contribution < 1.29 is 4.79 Å². The lowest BCUT2D eigenvalue weighted by Crippen LogP contribution is -2.30. The first-order valence-corrected chi connectivity index (χ1v) is 5.72. The molecule has 0 amide bonds. The maximum Gasteiger partial charge on any atom is 0.152 e. The fraction of sp³-hybridized carbons (Fsp3) is 0.636. The van der Waals surface area contributed by atoms with Gasteiger partial charge in [0, 0.05) is 13.1 Å². The molecule has 1 N–H and O–H groups in total. The van der Waals surface area contributed by atoms with E-state index in [1.54, 1.807) is 11.7 Å². The standard InChI is InChI=1S/C11H18ClN3O/c1-7(2)13-6-9(16)5-10-11(12)8(3)14-15(10)4/h7,13H,5-6H2,1-4H3. The number of hydrogen-bond donors (Lipinski definition) is 1. The van der Waals surface area contributed by atoms with Crippen LogP contribution < -0.4 is 5.32 Å². The number of hydrogen-bond acceptors (Lipinski definition) is 3. The van der Waals surface area contributed by atoms with Crippen molar-refractivity contribution in [3.8, 4) is 0 Å². The van der Waals surface area contributed by atoms with Crippen LogP contribution in [0.1, 0.15) is 25.2 Å². The van der Waals surface area contributed by atoms with Crippen molar-refractivity contribution in [1.82, 2.24) is 15.1 Å². The van der Waals surface area contributed by atoms with E-state index in [-0.39, 0.29) is 5.78 Å². The topological polar surface area (TPSA) is 46.9 Å². The van der Waals surface area contributed by atoms with Crippen LogP contribution in [0.15, 0.2) is 0 Å². The van der Waals surface area contributed by atoms with Crippen LogP contribution in [0.3, 0.4) is 0 Å². The molecule has 0 bridgehead atoms. The van der Waals surface area contributed by atoms with Crippen molar-refractivity contribution in [2.24, 2.45) is 7.05 Å². The predicted molar refractivity (Wildman–Crippen MR) is 64.8 cm³/mol. The largest absolute Gasteiger partial charge is 0.308 e. The lowest BCUT2D eigenvalue weighted by atomic mass is 10.2. The van der Waals surface area contributed by atoms with E-state index < -0.39 is 0 Å². The average molecular weight is 244 g/mol. The number of nitrogens with zero attached hydrogens (tertiary/aromatic N) is 2. The fourth-order valence-corrected chi connectivity index (χ4v) is 1.67. The molecule has 1 aromatic rings. The van der Waals surface area contributed by atoms with Gasteiger partial charge in [0.1, 0.15) is 0 Å². The van der Waals surface area contributed by atoms with Crippen molar-refractivity contribution >= 4 is 17.4 Å². The second-order valence-electron chi connectivity index (χ2n) is 4.22. The summed E-state index contributed by atoms with van der Waals surface area (Å²) in [7, 11) is 1.80. The van der Waals surface area contributed by atoms with Crippen LogP contribution in [-0.4, -0.2) is 28.2 Å². The van der Waals surface area contributed by atoms with Gasteiger partial charge in [-0.05, 0) is 6.92 Å². The lowest BCUT2D eigenvalue weighted by molar-refractivity contribution is -0.117. The summed E-state index contributed by atoms with van der Waals surface area (Å²) in [5.41, 5.74) is 1.55. The number of rotatable bonds is 5. The van der Waals surface area contributed by atoms with Crippen molar-refractivity contribution in [3.05, 3.63) is 16.4 Å². The molecule has 0 aliphatic carbocycles. The molecular weight excluding hydrogens is 226 g/mol. The van der Waals surface area contributed by atoms with Crippen molar-refractivity contribution in [3.63, 3.8) is 0 Å². The Morgan fingerprint density at radius 2 is 2.19 bits per heavy atom. The van der Waals surface area contributed by atoms with E-state index in [0.29, 0.717) is 24.0 Å². The zero-order chi connectivity index (χ0) is 12.3. The number of carbonyl (C=O) groups excluding carboxylic acids is 1. The molecule has 0 aliphatic rings. The first kappa shape index (κ1) is 13.2. The Kier molecular flexibility index (Phi) is 4.50. The molecule has 90 valence electrons. The molecule has 16 heavy (non-hydrogen) atoms. The first-order chi connectivity index (χ1) is 7.41. The molecule has 0 aliphatic heterocycles. The molecule has 0 saturated carbocycles. The molecule has 1 rings (SSSR count). The minimum atomic E-state index is 0.124. The van der Waals surface area contributed by atoms with Crippen LogP contribution >= 0.6 is 11.6 Å². The van der Waals surface area contributed by atoms with Gasteiger partial charge in [0.2, 0.25) is 0 Å². The van der Waals surface area contributed by atoms with Gasteiger partial charge in [-0.25, -0.2) is 0 Å². The molecule has 1 heterocycles. The molecular formula is C11H18ClN3O. The lowest BCUT2D eigenvalue weighted by Gasteiger charge is -2.07. The minimum absolute atomic E-state index is 0.124. The van der Waals surface area contributed by atoms with Gasteiger partial charge >= 0.3 is 0 Å². The molecule has 0 unspecified atom stereocenters. The third-order valence-corrected chi connectivity index (χ3v) is 2.83. The number of aryl methyl sites for hydroxylation is 2. The molecule has 0 saturated heterocycles. The molecule has 5 heteroatoms. The SMILES string of the molecule is Cc1nn(C)c(CC(=O)CNC(C)C)c1Cl. The summed E-state index contributed by atoms with van der Waals surface area (Å²) in [6.45, 7) is 6.23. The summed E-state index contributed by atoms with van der Waals surface area (Å²) in [4.78, 5) is 11.7. The van der Waals surface area contributed by atoms with E-state index >= 15 is 0 Å². The van der Waals surface area contributed by atoms with Crippen LogP contribution in [0.2, 0.25) is 5.02 Å². The van der Waals surface area contributed by atoms with E-state index in [0.717, 1.165) is 11.4 Å². The monoisotopic (exact) mass is 243 g/mol. The second-order valence-corrected chi connectivity index (χ2v) is 4.60. The van der Waals surface area contributed by atoms with Gasteiger partial charge in [0.25, 0.3) is 0 Å². The maximum atomic E-state index is 11.7. The third kappa shape index (κ3) is 3.32. The first-order valence-electron chi connectivity index (χ1n) is 5.35. The Labute approximate surface area is 101 Å². The minimum Gasteiger partial charge on any atom is -0.308 e. The summed E-state index contributed by atoms with van der Waals surface area (Å²) >= 11 is 6.06. The second kappa shape index (κ2) is 5.46. The highest BCUT2D eigenvalue weighted by Crippen LogP contribution is 2.19. The number of nitrogens with one attached hydrogen (secondary N) is 1. The molecule has 0 fully saturated rings. The normalized spacial score (nSPS) is 11.1. The Balaban J connectivity index is 2.63. The molecule has 0 spiro atoms. The fourth-order valence-electron chi connectivity index (χ4n) is 1.44. The quantitative estimate of drug-likeness (QED) is 0.853. The van der Waals surface area contributed by atoms with E-state index in [4.69, 9.17) is 11.6 Å². The maximum absolute atomic E-state index is 11.7. The molecule has 1 aromatic heterocycles. The highest BCUT2D eigenvalue weighted by molar-refractivity contribution is 6.32. The van der Waals surface area contributed by atoms with Gasteiger partial charge in [-0.3, -0.25) is 9.48 Å². The van der Waals surface area contributed by atoms with Gasteiger partial charge < -0.3 is 5.32 Å². The summed E-state index contributed by atoms with van der Waals surface area (Å²) in [5.74, 6) is 0.124. The van der Waals surface area contributed by atoms with Gasteiger partial charge in [-0.15, -0.1) is 0 Å². The molecule has 4 nitrogen and oxygen atoms in total. The zero-order valence-electron chi connectivity index (χ0n) is 10.2. The van der Waals surface area contributed by atoms with Crippen molar-refractivity contribution in [1.29, 1.82) is 0 Å². The highest BCUT2D eigenvalue weighted by Gasteiger charge is 2.14. The molecule has 0 radical (unpaired) electrons. The number of ketones is 1. The van der Waals surface area contributed by atoms with Crippen molar-refractivity contribution in [2.45, 2.75) is 33.2 Å². The van der Waals surface area contributed by atoms with E-state index in [9.17, 15) is 4.79 Å². The van der Waals surface area contributed by atoms with E-state index in [1.807, 2.05) is 20.8 Å².